The molecule has 0 aliphatic carbocycles. The smallest absolute Gasteiger partial charge is 0.262 e. The predicted octanol–water partition coefficient (Wildman–Crippen LogP) is 2.39. The van der Waals surface area contributed by atoms with Crippen molar-refractivity contribution in [3.8, 4) is 17.6 Å². The Bertz CT molecular complexity index is 936. The van der Waals surface area contributed by atoms with Crippen molar-refractivity contribution < 1.29 is 19.1 Å². The number of carbonyl (C=O) groups is 2. The number of amides is 2. The normalized spacial score (nSPS) is 10.7. The summed E-state index contributed by atoms with van der Waals surface area (Å²) in [6.45, 7) is 0.0341. The van der Waals surface area contributed by atoms with Gasteiger partial charge in [-0.05, 0) is 51.9 Å². The van der Waals surface area contributed by atoms with Crippen molar-refractivity contribution in [2.75, 3.05) is 13.7 Å². The molecule has 2 amide bonds. The third kappa shape index (κ3) is 5.99. The van der Waals surface area contributed by atoms with E-state index in [0.29, 0.717) is 27.2 Å². The molecule has 0 aromatic heterocycles. The van der Waals surface area contributed by atoms with Crippen LogP contribution in [0.25, 0.3) is 6.08 Å². The number of hydrogen-bond donors (Lipinski definition) is 2. The highest BCUT2D eigenvalue weighted by Gasteiger charge is 2.14. The highest BCUT2D eigenvalue weighted by atomic mass is 127. The minimum atomic E-state index is -0.608. The van der Waals surface area contributed by atoms with Gasteiger partial charge in [0.25, 0.3) is 11.8 Å². The molecule has 0 aliphatic rings. The van der Waals surface area contributed by atoms with E-state index in [2.05, 4.69) is 5.32 Å². The second kappa shape index (κ2) is 10.3. The number of benzene rings is 2. The van der Waals surface area contributed by atoms with Crippen molar-refractivity contribution in [3.05, 3.63) is 62.7 Å². The summed E-state index contributed by atoms with van der Waals surface area (Å²) in [4.78, 5) is 23.3. The summed E-state index contributed by atoms with van der Waals surface area (Å²) in [6.07, 6.45) is 1.46. The molecular formula is C20H18IN3O4. The number of nitrogens with two attached hydrogens (primary N) is 1. The molecule has 144 valence electrons. The zero-order chi connectivity index (χ0) is 20.5. The fourth-order valence-electron chi connectivity index (χ4n) is 2.30. The first-order chi connectivity index (χ1) is 13.4. The minimum Gasteiger partial charge on any atom is -0.493 e. The minimum absolute atomic E-state index is 0.0420. The Morgan fingerprint density at radius 1 is 1.29 bits per heavy atom. The summed E-state index contributed by atoms with van der Waals surface area (Å²) >= 11 is 2.01. The first-order valence-electron chi connectivity index (χ1n) is 8.17. The molecule has 7 nitrogen and oxygen atoms in total. The second-order valence-electron chi connectivity index (χ2n) is 5.63. The summed E-state index contributed by atoms with van der Waals surface area (Å²) < 4.78 is 11.3. The number of nitriles is 1. The SMILES string of the molecule is COc1cc(/C=C(\C#N)C(=O)NCc2ccccc2)cc(I)c1OCC(N)=O. The van der Waals surface area contributed by atoms with Crippen LogP contribution in [0.1, 0.15) is 11.1 Å². The third-order valence-corrected chi connectivity index (χ3v) is 4.38. The molecule has 0 radical (unpaired) electrons. The highest BCUT2D eigenvalue weighted by molar-refractivity contribution is 14.1. The Hall–Kier alpha value is -3.06. The van der Waals surface area contributed by atoms with Crippen molar-refractivity contribution in [2.24, 2.45) is 5.73 Å². The molecule has 0 heterocycles. The van der Waals surface area contributed by atoms with E-state index in [0.717, 1.165) is 5.56 Å². The van der Waals surface area contributed by atoms with Crippen LogP contribution in [0.15, 0.2) is 48.0 Å². The van der Waals surface area contributed by atoms with Crippen molar-refractivity contribution >= 4 is 40.5 Å². The average Bonchev–Trinajstić information content (AvgIpc) is 2.69. The Morgan fingerprint density at radius 2 is 2.00 bits per heavy atom. The molecule has 0 saturated carbocycles. The van der Waals surface area contributed by atoms with Gasteiger partial charge in [-0.2, -0.15) is 5.26 Å². The van der Waals surface area contributed by atoms with E-state index in [4.69, 9.17) is 15.2 Å². The van der Waals surface area contributed by atoms with Gasteiger partial charge in [0, 0.05) is 6.54 Å². The average molecular weight is 491 g/mol. The van der Waals surface area contributed by atoms with Gasteiger partial charge in [0.15, 0.2) is 18.1 Å². The Labute approximate surface area is 176 Å². The van der Waals surface area contributed by atoms with E-state index >= 15 is 0 Å². The van der Waals surface area contributed by atoms with Crippen LogP contribution >= 0.6 is 22.6 Å². The number of methoxy groups -OCH3 is 1. The van der Waals surface area contributed by atoms with Gasteiger partial charge in [-0.3, -0.25) is 9.59 Å². The largest absolute Gasteiger partial charge is 0.493 e. The van der Waals surface area contributed by atoms with Crippen molar-refractivity contribution in [1.29, 1.82) is 5.26 Å². The van der Waals surface area contributed by atoms with Gasteiger partial charge in [0.2, 0.25) is 0 Å². The van der Waals surface area contributed by atoms with Crippen molar-refractivity contribution in [3.63, 3.8) is 0 Å². The number of nitrogens with one attached hydrogen (secondary N) is 1. The lowest BCUT2D eigenvalue weighted by molar-refractivity contribution is -0.120. The van der Waals surface area contributed by atoms with Gasteiger partial charge in [-0.1, -0.05) is 30.3 Å². The molecule has 8 heteroatoms. The quantitative estimate of drug-likeness (QED) is 0.335. The van der Waals surface area contributed by atoms with Crippen LogP contribution in [-0.4, -0.2) is 25.5 Å². The topological polar surface area (TPSA) is 114 Å². The van der Waals surface area contributed by atoms with Gasteiger partial charge >= 0.3 is 0 Å². The number of halogens is 1. The molecule has 3 N–H and O–H groups in total. The number of rotatable bonds is 8. The third-order valence-electron chi connectivity index (χ3n) is 3.58. The highest BCUT2D eigenvalue weighted by Crippen LogP contribution is 2.34. The molecule has 0 fully saturated rings. The molecule has 0 aliphatic heterocycles. The molecule has 2 rings (SSSR count). The van der Waals surface area contributed by atoms with E-state index in [1.807, 2.05) is 59.0 Å². The first kappa shape index (κ1) is 21.2. The maximum absolute atomic E-state index is 12.3. The maximum Gasteiger partial charge on any atom is 0.262 e. The van der Waals surface area contributed by atoms with Gasteiger partial charge in [0.1, 0.15) is 11.6 Å². The van der Waals surface area contributed by atoms with Crippen molar-refractivity contribution in [2.45, 2.75) is 6.54 Å². The molecule has 0 atom stereocenters. The molecule has 0 saturated heterocycles. The lowest BCUT2D eigenvalue weighted by Gasteiger charge is -2.12. The van der Waals surface area contributed by atoms with Crippen LogP contribution in [0.3, 0.4) is 0 Å². The number of hydrogen-bond acceptors (Lipinski definition) is 5. The molecular weight excluding hydrogens is 473 g/mol. The van der Waals surface area contributed by atoms with Crippen LogP contribution in [0.5, 0.6) is 11.5 Å². The summed E-state index contributed by atoms with van der Waals surface area (Å²) in [5.74, 6) is -0.356. The number of ether oxygens (including phenoxy) is 2. The van der Waals surface area contributed by atoms with Gasteiger partial charge in [-0.15, -0.1) is 0 Å². The Kier molecular flexibility index (Phi) is 7.83. The van der Waals surface area contributed by atoms with E-state index in [1.165, 1.54) is 13.2 Å². The lowest BCUT2D eigenvalue weighted by Crippen LogP contribution is -2.23. The van der Waals surface area contributed by atoms with Crippen LogP contribution in [0, 0.1) is 14.9 Å². The van der Waals surface area contributed by atoms with E-state index in [1.54, 1.807) is 12.1 Å². The molecule has 0 bridgehead atoms. The first-order valence-corrected chi connectivity index (χ1v) is 9.25. The molecule has 2 aromatic carbocycles. The number of primary amides is 1. The van der Waals surface area contributed by atoms with E-state index in [9.17, 15) is 14.9 Å². The standard InChI is InChI=1S/C20H18IN3O4/c1-27-17-9-14(8-16(21)19(17)28-12-18(23)25)7-15(10-22)20(26)24-11-13-5-3-2-4-6-13/h2-9H,11-12H2,1H3,(H2,23,25)(H,24,26)/b15-7+. The summed E-state index contributed by atoms with van der Waals surface area (Å²) in [5.41, 5.74) is 6.57. The van der Waals surface area contributed by atoms with Crippen LogP contribution < -0.4 is 20.5 Å². The van der Waals surface area contributed by atoms with Crippen molar-refractivity contribution in [1.82, 2.24) is 5.32 Å². The number of carbonyl (C=O) groups excluding carboxylic acids is 2. The van der Waals surface area contributed by atoms with Crippen LogP contribution in [-0.2, 0) is 16.1 Å². The van der Waals surface area contributed by atoms with Crippen LogP contribution in [0.4, 0.5) is 0 Å². The maximum atomic E-state index is 12.3. The Balaban J connectivity index is 2.20. The molecule has 0 unspecified atom stereocenters. The zero-order valence-electron chi connectivity index (χ0n) is 15.1. The van der Waals surface area contributed by atoms with Crippen LogP contribution in [0.2, 0.25) is 0 Å². The summed E-state index contributed by atoms with van der Waals surface area (Å²) in [5, 5.41) is 12.1. The monoisotopic (exact) mass is 491 g/mol. The predicted molar refractivity (Wildman–Crippen MR) is 112 cm³/mol. The van der Waals surface area contributed by atoms with Gasteiger partial charge in [0.05, 0.1) is 10.7 Å². The van der Waals surface area contributed by atoms with E-state index < -0.39 is 11.8 Å². The lowest BCUT2D eigenvalue weighted by atomic mass is 10.1. The molecule has 0 spiro atoms. The summed E-state index contributed by atoms with van der Waals surface area (Å²) in [6, 6.07) is 14.6. The second-order valence-corrected chi connectivity index (χ2v) is 6.79. The number of nitrogens with zero attached hydrogens (tertiary/aromatic N) is 1. The van der Waals surface area contributed by atoms with E-state index in [-0.39, 0.29) is 12.2 Å². The van der Waals surface area contributed by atoms with Gasteiger partial charge < -0.3 is 20.5 Å². The Morgan fingerprint density at radius 3 is 2.61 bits per heavy atom. The fourth-order valence-corrected chi connectivity index (χ4v) is 3.08. The summed E-state index contributed by atoms with van der Waals surface area (Å²) in [7, 11) is 1.45. The molecule has 28 heavy (non-hydrogen) atoms. The van der Waals surface area contributed by atoms with Gasteiger partial charge in [-0.25, -0.2) is 0 Å². The fraction of sp³-hybridized carbons (Fsp3) is 0.150. The zero-order valence-corrected chi connectivity index (χ0v) is 17.2. The molecule has 2 aromatic rings.